The molecule has 1 heterocycles. The van der Waals surface area contributed by atoms with Crippen LogP contribution in [0.15, 0.2) is 42.5 Å². The number of fused-ring (bicyclic) bond motifs is 1. The lowest BCUT2D eigenvalue weighted by atomic mass is 10.0. The third-order valence-electron chi connectivity index (χ3n) is 5.72. The lowest BCUT2D eigenvalue weighted by molar-refractivity contribution is 0.0664. The third-order valence-corrected chi connectivity index (χ3v) is 6.04. The summed E-state index contributed by atoms with van der Waals surface area (Å²) in [6, 6.07) is 12.2. The molecule has 3 aromatic rings. The van der Waals surface area contributed by atoms with Crippen LogP contribution in [-0.4, -0.2) is 21.8 Å². The van der Waals surface area contributed by atoms with E-state index in [-0.39, 0.29) is 11.9 Å². The Morgan fingerprint density at radius 1 is 1.17 bits per heavy atom. The Hall–Kier alpha value is -2.46. The third kappa shape index (κ3) is 4.13. The van der Waals surface area contributed by atoms with E-state index in [0.717, 1.165) is 53.3 Å². The zero-order chi connectivity index (χ0) is 20.5. The highest BCUT2D eigenvalue weighted by Crippen LogP contribution is 2.30. The van der Waals surface area contributed by atoms with Gasteiger partial charge in [-0.3, -0.25) is 4.79 Å². The molecule has 0 bridgehead atoms. The Kier molecular flexibility index (Phi) is 5.55. The fraction of sp³-hybridized carbons (Fsp3) is 0.333. The van der Waals surface area contributed by atoms with Crippen molar-refractivity contribution in [3.63, 3.8) is 0 Å². The van der Waals surface area contributed by atoms with Crippen LogP contribution in [0.3, 0.4) is 0 Å². The van der Waals surface area contributed by atoms with Gasteiger partial charge in [-0.05, 0) is 62.6 Å². The molecule has 1 amide bonds. The molecular formula is C24H24ClFN2O. The lowest BCUT2D eigenvalue weighted by Gasteiger charge is -2.29. The number of hydrogen-bond acceptors (Lipinski definition) is 2. The van der Waals surface area contributed by atoms with Gasteiger partial charge in [0, 0.05) is 29.1 Å². The first-order valence-electron chi connectivity index (χ1n) is 10.1. The second kappa shape index (κ2) is 8.11. The van der Waals surface area contributed by atoms with Crippen molar-refractivity contribution >= 4 is 28.4 Å². The summed E-state index contributed by atoms with van der Waals surface area (Å²) in [6.07, 6.45) is 4.11. The van der Waals surface area contributed by atoms with Crippen molar-refractivity contribution in [1.29, 1.82) is 0 Å². The van der Waals surface area contributed by atoms with E-state index in [1.165, 1.54) is 12.1 Å². The van der Waals surface area contributed by atoms with Gasteiger partial charge >= 0.3 is 0 Å². The molecule has 5 heteroatoms. The maximum atomic E-state index is 13.7. The number of benzene rings is 2. The van der Waals surface area contributed by atoms with E-state index in [0.29, 0.717) is 17.3 Å². The van der Waals surface area contributed by atoms with Crippen molar-refractivity contribution in [2.45, 2.75) is 52.1 Å². The molecule has 0 spiro atoms. The molecule has 0 N–H and O–H groups in total. The molecule has 4 rings (SSSR count). The monoisotopic (exact) mass is 410 g/mol. The van der Waals surface area contributed by atoms with Gasteiger partial charge in [-0.15, -0.1) is 0 Å². The van der Waals surface area contributed by atoms with Crippen LogP contribution < -0.4 is 0 Å². The van der Waals surface area contributed by atoms with Crippen molar-refractivity contribution in [3.05, 3.63) is 75.7 Å². The summed E-state index contributed by atoms with van der Waals surface area (Å²) in [6.45, 7) is 4.45. The van der Waals surface area contributed by atoms with Crippen LogP contribution in [0.2, 0.25) is 5.15 Å². The second-order valence-electron chi connectivity index (χ2n) is 7.97. The van der Waals surface area contributed by atoms with E-state index in [2.05, 4.69) is 24.0 Å². The number of hydrogen-bond donors (Lipinski definition) is 0. The summed E-state index contributed by atoms with van der Waals surface area (Å²) < 4.78 is 13.7. The second-order valence-corrected chi connectivity index (χ2v) is 8.33. The maximum Gasteiger partial charge on any atom is 0.254 e. The van der Waals surface area contributed by atoms with Gasteiger partial charge in [0.05, 0.1) is 5.52 Å². The Labute approximate surface area is 175 Å². The number of pyridine rings is 1. The first-order valence-corrected chi connectivity index (χ1v) is 10.4. The van der Waals surface area contributed by atoms with E-state index in [1.54, 1.807) is 12.1 Å². The van der Waals surface area contributed by atoms with Gasteiger partial charge in [0.15, 0.2) is 0 Å². The smallest absolute Gasteiger partial charge is 0.254 e. The fourth-order valence-corrected chi connectivity index (χ4v) is 4.54. The Morgan fingerprint density at radius 2 is 1.93 bits per heavy atom. The van der Waals surface area contributed by atoms with E-state index in [1.807, 2.05) is 17.9 Å². The van der Waals surface area contributed by atoms with Crippen LogP contribution in [0.1, 0.15) is 52.7 Å². The average molecular weight is 411 g/mol. The van der Waals surface area contributed by atoms with Crippen LogP contribution in [0.4, 0.5) is 4.39 Å². The lowest BCUT2D eigenvalue weighted by Crippen LogP contribution is -2.38. The molecule has 29 heavy (non-hydrogen) atoms. The Morgan fingerprint density at radius 3 is 2.66 bits per heavy atom. The number of amides is 1. The largest absolute Gasteiger partial charge is 0.331 e. The highest BCUT2D eigenvalue weighted by Gasteiger charge is 2.28. The number of rotatable bonds is 4. The molecule has 3 nitrogen and oxygen atoms in total. The Balaban J connectivity index is 1.72. The summed E-state index contributed by atoms with van der Waals surface area (Å²) in [5.74, 6) is -0.563. The molecular weight excluding hydrogens is 387 g/mol. The minimum Gasteiger partial charge on any atom is -0.331 e. The van der Waals surface area contributed by atoms with Crippen LogP contribution in [0, 0.1) is 19.7 Å². The first-order chi connectivity index (χ1) is 13.9. The fourth-order valence-electron chi connectivity index (χ4n) is 4.34. The molecule has 1 saturated carbocycles. The van der Waals surface area contributed by atoms with Gasteiger partial charge in [0.1, 0.15) is 11.0 Å². The van der Waals surface area contributed by atoms with Gasteiger partial charge in [-0.25, -0.2) is 9.37 Å². The summed E-state index contributed by atoms with van der Waals surface area (Å²) in [5.41, 5.74) is 4.31. The predicted molar refractivity (Wildman–Crippen MR) is 115 cm³/mol. The van der Waals surface area contributed by atoms with Crippen LogP contribution in [0.5, 0.6) is 0 Å². The number of nitrogens with zero attached hydrogens (tertiary/aromatic N) is 2. The highest BCUT2D eigenvalue weighted by atomic mass is 35.5. The molecule has 1 aromatic heterocycles. The molecule has 1 aliphatic rings. The number of halogens is 2. The van der Waals surface area contributed by atoms with Crippen molar-refractivity contribution in [2.75, 3.05) is 0 Å². The molecule has 0 atom stereocenters. The van der Waals surface area contributed by atoms with Gasteiger partial charge < -0.3 is 4.90 Å². The summed E-state index contributed by atoms with van der Waals surface area (Å²) in [5, 5.41) is 1.44. The van der Waals surface area contributed by atoms with E-state index in [9.17, 15) is 9.18 Å². The van der Waals surface area contributed by atoms with Gasteiger partial charge in [-0.2, -0.15) is 0 Å². The van der Waals surface area contributed by atoms with E-state index in [4.69, 9.17) is 11.6 Å². The average Bonchev–Trinajstić information content (AvgIpc) is 3.21. The summed E-state index contributed by atoms with van der Waals surface area (Å²) >= 11 is 6.53. The van der Waals surface area contributed by atoms with Crippen molar-refractivity contribution in [2.24, 2.45) is 0 Å². The van der Waals surface area contributed by atoms with Crippen LogP contribution in [-0.2, 0) is 6.54 Å². The van der Waals surface area contributed by atoms with Gasteiger partial charge in [-0.1, -0.05) is 42.1 Å². The highest BCUT2D eigenvalue weighted by molar-refractivity contribution is 6.30. The van der Waals surface area contributed by atoms with Crippen LogP contribution >= 0.6 is 11.6 Å². The quantitative estimate of drug-likeness (QED) is 0.477. The van der Waals surface area contributed by atoms with Gasteiger partial charge in [0.2, 0.25) is 0 Å². The van der Waals surface area contributed by atoms with Gasteiger partial charge in [0.25, 0.3) is 5.91 Å². The molecule has 150 valence electrons. The summed E-state index contributed by atoms with van der Waals surface area (Å²) in [4.78, 5) is 19.7. The SMILES string of the molecule is Cc1cc(C)c2nc(Cl)c(CN(C(=O)c3cccc(F)c3)C3CCCC3)cc2c1. The molecule has 0 aliphatic heterocycles. The van der Waals surface area contributed by atoms with Crippen molar-refractivity contribution < 1.29 is 9.18 Å². The molecule has 1 fully saturated rings. The molecule has 1 aliphatic carbocycles. The summed E-state index contributed by atoms with van der Waals surface area (Å²) in [7, 11) is 0. The van der Waals surface area contributed by atoms with Crippen molar-refractivity contribution in [3.8, 4) is 0 Å². The topological polar surface area (TPSA) is 33.2 Å². The van der Waals surface area contributed by atoms with E-state index >= 15 is 0 Å². The molecule has 0 radical (unpaired) electrons. The zero-order valence-electron chi connectivity index (χ0n) is 16.7. The Bertz CT molecular complexity index is 1080. The number of aromatic nitrogens is 1. The van der Waals surface area contributed by atoms with Crippen LogP contribution in [0.25, 0.3) is 10.9 Å². The minimum atomic E-state index is -0.404. The maximum absolute atomic E-state index is 13.7. The molecule has 0 unspecified atom stereocenters. The number of aryl methyl sites for hydroxylation is 2. The molecule has 0 saturated heterocycles. The normalized spacial score (nSPS) is 14.5. The number of carbonyl (C=O) groups excluding carboxylic acids is 1. The number of carbonyl (C=O) groups is 1. The standard InChI is InChI=1S/C24H24ClFN2O/c1-15-10-16(2)22-18(11-15)12-19(23(25)27-22)14-28(21-8-3-4-9-21)24(29)17-6-5-7-20(26)13-17/h5-7,10-13,21H,3-4,8-9,14H2,1-2H3. The van der Waals surface area contributed by atoms with Crippen molar-refractivity contribution in [1.82, 2.24) is 9.88 Å². The van der Waals surface area contributed by atoms with E-state index < -0.39 is 5.82 Å². The minimum absolute atomic E-state index is 0.136. The predicted octanol–water partition coefficient (Wildman–Crippen LogP) is 6.23. The first kappa shape index (κ1) is 19.8. The molecule has 2 aromatic carbocycles. The zero-order valence-corrected chi connectivity index (χ0v) is 17.5.